The summed E-state index contributed by atoms with van der Waals surface area (Å²) in [6.45, 7) is 5.69. The van der Waals surface area contributed by atoms with Crippen molar-refractivity contribution in [2.45, 2.75) is 25.0 Å². The van der Waals surface area contributed by atoms with Crippen molar-refractivity contribution < 1.29 is 17.9 Å². The van der Waals surface area contributed by atoms with Crippen LogP contribution in [0.2, 0.25) is 5.02 Å². The van der Waals surface area contributed by atoms with Crippen LogP contribution >= 0.6 is 11.6 Å². The van der Waals surface area contributed by atoms with E-state index in [0.717, 1.165) is 45.7 Å². The van der Waals surface area contributed by atoms with Crippen LogP contribution < -0.4 is 5.32 Å². The molecule has 0 saturated carbocycles. The Labute approximate surface area is 178 Å². The van der Waals surface area contributed by atoms with E-state index in [9.17, 15) is 13.2 Å². The van der Waals surface area contributed by atoms with Crippen molar-refractivity contribution in [1.29, 1.82) is 0 Å². The molecule has 3 rings (SSSR count). The van der Waals surface area contributed by atoms with Crippen LogP contribution in [0.1, 0.15) is 24.8 Å². The van der Waals surface area contributed by atoms with E-state index in [1.807, 2.05) is 0 Å². The highest BCUT2D eigenvalue weighted by molar-refractivity contribution is 7.88. The molecular weight excluding hydrogens is 414 g/mol. The molecule has 2 saturated heterocycles. The minimum atomic E-state index is -3.48. The third kappa shape index (κ3) is 6.93. The van der Waals surface area contributed by atoms with Crippen LogP contribution in [0.3, 0.4) is 0 Å². The van der Waals surface area contributed by atoms with Gasteiger partial charge in [0.2, 0.25) is 15.9 Å². The average molecular weight is 444 g/mol. The van der Waals surface area contributed by atoms with Crippen LogP contribution in [0.15, 0.2) is 24.3 Å². The lowest BCUT2D eigenvalue weighted by molar-refractivity contribution is -0.126. The van der Waals surface area contributed by atoms with Gasteiger partial charge in [0, 0.05) is 37.7 Å². The molecule has 2 aliphatic rings. The highest BCUT2D eigenvalue weighted by Crippen LogP contribution is 2.22. The second-order valence-corrected chi connectivity index (χ2v) is 10.1. The lowest BCUT2D eigenvalue weighted by Gasteiger charge is -2.31. The second kappa shape index (κ2) is 10.7. The van der Waals surface area contributed by atoms with Gasteiger partial charge in [-0.1, -0.05) is 23.7 Å². The number of benzene rings is 1. The number of hydrogen-bond donors (Lipinski definition) is 1. The van der Waals surface area contributed by atoms with Crippen molar-refractivity contribution in [3.8, 4) is 0 Å². The van der Waals surface area contributed by atoms with E-state index in [-0.39, 0.29) is 24.1 Å². The van der Waals surface area contributed by atoms with Gasteiger partial charge in [-0.15, -0.1) is 0 Å². The van der Waals surface area contributed by atoms with Gasteiger partial charge < -0.3 is 10.1 Å². The minimum absolute atomic E-state index is 0.0466. The summed E-state index contributed by atoms with van der Waals surface area (Å²) >= 11 is 5.96. The van der Waals surface area contributed by atoms with Crippen molar-refractivity contribution in [2.75, 3.05) is 52.5 Å². The summed E-state index contributed by atoms with van der Waals surface area (Å²) in [7, 11) is -3.48. The lowest BCUT2D eigenvalue weighted by Crippen LogP contribution is -2.46. The lowest BCUT2D eigenvalue weighted by atomic mass is 9.99. The van der Waals surface area contributed by atoms with E-state index in [4.69, 9.17) is 16.3 Å². The highest BCUT2D eigenvalue weighted by atomic mass is 35.5. The Bertz CT molecular complexity index is 784. The van der Waals surface area contributed by atoms with Crippen LogP contribution in [0.25, 0.3) is 0 Å². The largest absolute Gasteiger partial charge is 0.379 e. The minimum Gasteiger partial charge on any atom is -0.379 e. The van der Waals surface area contributed by atoms with E-state index in [0.29, 0.717) is 30.1 Å². The molecule has 1 aromatic rings. The summed E-state index contributed by atoms with van der Waals surface area (Å²) in [5.74, 6) is -0.433. The number of morpholine rings is 1. The normalized spacial score (nSPS) is 21.8. The summed E-state index contributed by atoms with van der Waals surface area (Å²) in [4.78, 5) is 14.9. The maximum Gasteiger partial charge on any atom is 0.224 e. The van der Waals surface area contributed by atoms with Gasteiger partial charge in [0.05, 0.1) is 24.9 Å². The summed E-state index contributed by atoms with van der Waals surface area (Å²) in [6, 6.07) is 6.89. The number of halogens is 1. The monoisotopic (exact) mass is 443 g/mol. The van der Waals surface area contributed by atoms with Gasteiger partial charge in [-0.3, -0.25) is 9.69 Å². The smallest absolute Gasteiger partial charge is 0.224 e. The second-order valence-electron chi connectivity index (χ2n) is 7.68. The van der Waals surface area contributed by atoms with Gasteiger partial charge in [0.25, 0.3) is 0 Å². The summed E-state index contributed by atoms with van der Waals surface area (Å²) in [5.41, 5.74) is 0.659. The molecule has 2 fully saturated rings. The molecule has 1 atom stereocenters. The van der Waals surface area contributed by atoms with Crippen LogP contribution in [-0.2, 0) is 25.3 Å². The molecule has 9 heteroatoms. The predicted molar refractivity (Wildman–Crippen MR) is 113 cm³/mol. The number of hydrogen-bond acceptors (Lipinski definition) is 5. The van der Waals surface area contributed by atoms with E-state index in [2.05, 4.69) is 10.2 Å². The number of amides is 1. The molecule has 7 nitrogen and oxygen atoms in total. The number of nitrogens with zero attached hydrogens (tertiary/aromatic N) is 2. The molecule has 0 bridgehead atoms. The predicted octanol–water partition coefficient (Wildman–Crippen LogP) is 1.72. The van der Waals surface area contributed by atoms with Crippen molar-refractivity contribution in [3.63, 3.8) is 0 Å². The number of carbonyl (C=O) groups excluding carboxylic acids is 1. The van der Waals surface area contributed by atoms with Crippen LogP contribution in [0.5, 0.6) is 0 Å². The van der Waals surface area contributed by atoms with E-state index >= 15 is 0 Å². The van der Waals surface area contributed by atoms with Gasteiger partial charge in [0.15, 0.2) is 0 Å². The number of nitrogens with one attached hydrogen (secondary N) is 1. The summed E-state index contributed by atoms with van der Waals surface area (Å²) in [6.07, 6.45) is 2.30. The zero-order valence-corrected chi connectivity index (χ0v) is 18.3. The van der Waals surface area contributed by atoms with Crippen molar-refractivity contribution in [2.24, 2.45) is 5.92 Å². The molecule has 1 N–H and O–H groups in total. The van der Waals surface area contributed by atoms with Crippen LogP contribution in [0, 0.1) is 5.92 Å². The molecule has 0 aliphatic carbocycles. The molecule has 0 spiro atoms. The number of piperidine rings is 1. The van der Waals surface area contributed by atoms with Crippen molar-refractivity contribution in [3.05, 3.63) is 34.9 Å². The van der Waals surface area contributed by atoms with Gasteiger partial charge in [-0.2, -0.15) is 0 Å². The standard InChI is InChI=1S/C20H30ClN3O4S/c21-19-6-1-4-17(14-19)16-29(26,27)24-9-2-5-18(15-24)20(25)22-7-3-8-23-10-12-28-13-11-23/h1,4,6,14,18H,2-3,5,7-13,15-16H2,(H,22,25)/t18-/m1/s1. The summed E-state index contributed by atoms with van der Waals surface area (Å²) in [5, 5.41) is 3.50. The number of ether oxygens (including phenoxy) is 1. The fourth-order valence-electron chi connectivity index (χ4n) is 3.82. The molecule has 0 unspecified atom stereocenters. The first kappa shape index (κ1) is 22.5. The first-order chi connectivity index (χ1) is 13.9. The zero-order valence-electron chi connectivity index (χ0n) is 16.7. The SMILES string of the molecule is O=C(NCCCN1CCOCC1)[C@@H]1CCCN(S(=O)(=O)Cc2cccc(Cl)c2)C1. The quantitative estimate of drug-likeness (QED) is 0.619. The maximum absolute atomic E-state index is 12.8. The maximum atomic E-state index is 12.8. The highest BCUT2D eigenvalue weighted by Gasteiger charge is 2.32. The van der Waals surface area contributed by atoms with Crippen LogP contribution in [0.4, 0.5) is 0 Å². The fourth-order valence-corrected chi connectivity index (χ4v) is 5.63. The molecule has 2 heterocycles. The molecule has 162 valence electrons. The van der Waals surface area contributed by atoms with Gasteiger partial charge in [0.1, 0.15) is 0 Å². The number of carbonyl (C=O) groups is 1. The molecule has 0 radical (unpaired) electrons. The first-order valence-corrected chi connectivity index (χ1v) is 12.2. The van der Waals surface area contributed by atoms with E-state index in [1.54, 1.807) is 24.3 Å². The Morgan fingerprint density at radius 2 is 2.03 bits per heavy atom. The third-order valence-electron chi connectivity index (χ3n) is 5.44. The van der Waals surface area contributed by atoms with Gasteiger partial charge in [-0.05, 0) is 43.5 Å². The molecule has 2 aliphatic heterocycles. The first-order valence-electron chi connectivity index (χ1n) is 10.2. The fraction of sp³-hybridized carbons (Fsp3) is 0.650. The number of rotatable bonds is 8. The van der Waals surface area contributed by atoms with Gasteiger partial charge in [-0.25, -0.2) is 12.7 Å². The molecule has 0 aromatic heterocycles. The molecule has 29 heavy (non-hydrogen) atoms. The van der Waals surface area contributed by atoms with E-state index in [1.165, 1.54) is 4.31 Å². The Morgan fingerprint density at radius 1 is 1.24 bits per heavy atom. The van der Waals surface area contributed by atoms with E-state index < -0.39 is 10.0 Å². The molecule has 1 aromatic carbocycles. The van der Waals surface area contributed by atoms with Crippen LogP contribution in [-0.4, -0.2) is 76.0 Å². The number of sulfonamides is 1. The average Bonchev–Trinajstić information content (AvgIpc) is 2.71. The zero-order chi connectivity index (χ0) is 20.7. The van der Waals surface area contributed by atoms with Crippen molar-refractivity contribution in [1.82, 2.24) is 14.5 Å². The molecule has 1 amide bonds. The Kier molecular flexibility index (Phi) is 8.32. The molecular formula is C20H30ClN3O4S. The van der Waals surface area contributed by atoms with Crippen molar-refractivity contribution >= 4 is 27.5 Å². The topological polar surface area (TPSA) is 79.0 Å². The third-order valence-corrected chi connectivity index (χ3v) is 7.49. The van der Waals surface area contributed by atoms with Gasteiger partial charge >= 0.3 is 0 Å². The Balaban J connectivity index is 1.45. The Hall–Kier alpha value is -1.19. The summed E-state index contributed by atoms with van der Waals surface area (Å²) < 4.78 is 32.4. The Morgan fingerprint density at radius 3 is 2.79 bits per heavy atom.